The summed E-state index contributed by atoms with van der Waals surface area (Å²) >= 11 is 3.31. The number of nitrogens with zero attached hydrogens (tertiary/aromatic N) is 1. The zero-order valence-electron chi connectivity index (χ0n) is 16.2. The monoisotopic (exact) mass is 495 g/mol. The summed E-state index contributed by atoms with van der Waals surface area (Å²) in [5, 5.41) is 0. The number of piperidine rings is 3. The van der Waals surface area contributed by atoms with Gasteiger partial charge in [0, 0.05) is 16.6 Å². The van der Waals surface area contributed by atoms with Crippen LogP contribution in [0.15, 0.2) is 34.8 Å². The maximum absolute atomic E-state index is 13.1. The molecule has 2 bridgehead atoms. The van der Waals surface area contributed by atoms with Crippen molar-refractivity contribution in [2.75, 3.05) is 19.6 Å². The van der Waals surface area contributed by atoms with Crippen molar-refractivity contribution in [3.05, 3.63) is 45.9 Å². The van der Waals surface area contributed by atoms with Gasteiger partial charge in [-0.3, -0.25) is 9.69 Å². The number of benzene rings is 2. The van der Waals surface area contributed by atoms with Crippen molar-refractivity contribution in [1.29, 1.82) is 0 Å². The fourth-order valence-electron chi connectivity index (χ4n) is 4.64. The molecule has 162 valence electrons. The van der Waals surface area contributed by atoms with Gasteiger partial charge in [-0.2, -0.15) is 13.2 Å². The van der Waals surface area contributed by atoms with Crippen molar-refractivity contribution in [1.82, 2.24) is 4.90 Å². The lowest BCUT2D eigenvalue weighted by Gasteiger charge is -2.44. The highest BCUT2D eigenvalue weighted by Gasteiger charge is 2.44. The minimum Gasteiger partial charge on any atom is -0.485 e. The van der Waals surface area contributed by atoms with Gasteiger partial charge < -0.3 is 9.47 Å². The molecule has 31 heavy (non-hydrogen) atoms. The number of carbonyl (C=O) groups excluding carboxylic acids is 2. The van der Waals surface area contributed by atoms with Crippen molar-refractivity contribution in [3.63, 3.8) is 0 Å². The lowest BCUT2D eigenvalue weighted by atomic mass is 9.86. The van der Waals surface area contributed by atoms with Crippen LogP contribution in [0.25, 0.3) is 11.1 Å². The molecule has 3 heterocycles. The van der Waals surface area contributed by atoms with Gasteiger partial charge in [0.05, 0.1) is 5.56 Å². The number of ether oxygens (including phenoxy) is 2. The molecule has 0 saturated carbocycles. The van der Waals surface area contributed by atoms with E-state index < -0.39 is 23.7 Å². The first-order valence-corrected chi connectivity index (χ1v) is 10.7. The summed E-state index contributed by atoms with van der Waals surface area (Å²) in [5.74, 6) is -3.10. The van der Waals surface area contributed by atoms with Crippen LogP contribution >= 0.6 is 15.9 Å². The van der Waals surface area contributed by atoms with Crippen molar-refractivity contribution in [2.45, 2.75) is 25.1 Å². The van der Waals surface area contributed by atoms with Crippen LogP contribution in [-0.4, -0.2) is 48.6 Å². The van der Waals surface area contributed by atoms with Gasteiger partial charge in [-0.05, 0) is 67.2 Å². The highest BCUT2D eigenvalue weighted by Crippen LogP contribution is 2.47. The van der Waals surface area contributed by atoms with Crippen LogP contribution in [0.2, 0.25) is 0 Å². The fourth-order valence-corrected chi connectivity index (χ4v) is 5.00. The predicted molar refractivity (Wildman–Crippen MR) is 108 cm³/mol. The molecule has 3 fully saturated rings. The molecule has 1 atom stereocenters. The first-order valence-electron chi connectivity index (χ1n) is 9.92. The molecule has 2 aromatic rings. The normalized spacial score (nSPS) is 24.0. The molecule has 1 unspecified atom stereocenters. The number of carbonyl (C=O) groups is 2. The van der Waals surface area contributed by atoms with Crippen LogP contribution in [0, 0.1) is 5.92 Å². The Labute approximate surface area is 184 Å². The fraction of sp³-hybridized carbons (Fsp3) is 0.364. The molecule has 5 nitrogen and oxygen atoms in total. The van der Waals surface area contributed by atoms with E-state index >= 15 is 0 Å². The average molecular weight is 496 g/mol. The van der Waals surface area contributed by atoms with Gasteiger partial charge >= 0.3 is 12.1 Å². The molecule has 4 aliphatic rings. The number of halogens is 4. The average Bonchev–Trinajstić information content (AvgIpc) is 3.01. The molecule has 3 saturated heterocycles. The number of esters is 1. The first kappa shape index (κ1) is 20.5. The Kier molecular flexibility index (Phi) is 4.86. The molecule has 9 heteroatoms. The Morgan fingerprint density at radius 1 is 1.06 bits per heavy atom. The number of hydrogen-bond acceptors (Lipinski definition) is 5. The van der Waals surface area contributed by atoms with E-state index in [0.29, 0.717) is 27.7 Å². The van der Waals surface area contributed by atoms with Crippen molar-refractivity contribution >= 4 is 27.7 Å². The summed E-state index contributed by atoms with van der Waals surface area (Å²) in [6.07, 6.45) is -3.57. The third-order valence-corrected chi connectivity index (χ3v) is 6.66. The summed E-state index contributed by atoms with van der Waals surface area (Å²) in [6, 6.07) is 8.15. The van der Waals surface area contributed by atoms with Crippen LogP contribution in [0.1, 0.15) is 28.8 Å². The molecule has 0 radical (unpaired) electrons. The Bertz CT molecular complexity index is 1090. The van der Waals surface area contributed by atoms with Crippen LogP contribution in [0.5, 0.6) is 11.5 Å². The molecule has 0 spiro atoms. The van der Waals surface area contributed by atoms with Crippen LogP contribution < -0.4 is 9.47 Å². The van der Waals surface area contributed by atoms with Gasteiger partial charge in [0.25, 0.3) is 0 Å². The molecular weight excluding hydrogens is 479 g/mol. The Morgan fingerprint density at radius 3 is 2.42 bits per heavy atom. The summed E-state index contributed by atoms with van der Waals surface area (Å²) < 4.78 is 50.5. The van der Waals surface area contributed by atoms with E-state index in [0.717, 1.165) is 25.9 Å². The number of alkyl halides is 3. The summed E-state index contributed by atoms with van der Waals surface area (Å²) in [6.45, 7) is 2.58. The van der Waals surface area contributed by atoms with E-state index in [2.05, 4.69) is 20.8 Å². The zero-order valence-corrected chi connectivity index (χ0v) is 17.8. The second-order valence-electron chi connectivity index (χ2n) is 8.02. The Balaban J connectivity index is 1.58. The molecule has 3 aliphatic heterocycles. The number of rotatable bonds is 3. The van der Waals surface area contributed by atoms with Gasteiger partial charge in [0.1, 0.15) is 6.10 Å². The lowest BCUT2D eigenvalue weighted by molar-refractivity contribution is -0.189. The smallest absolute Gasteiger partial charge is 0.485 e. The Hall–Kier alpha value is -2.39. The first-order chi connectivity index (χ1) is 14.7. The quantitative estimate of drug-likeness (QED) is 0.392. The largest absolute Gasteiger partial charge is 0.491 e. The third kappa shape index (κ3) is 3.53. The highest BCUT2D eigenvalue weighted by molar-refractivity contribution is 9.10. The maximum atomic E-state index is 13.1. The van der Waals surface area contributed by atoms with E-state index in [1.54, 1.807) is 24.3 Å². The molecule has 0 amide bonds. The summed E-state index contributed by atoms with van der Waals surface area (Å²) in [5.41, 5.74) is 1.23. The molecule has 2 aromatic carbocycles. The van der Waals surface area contributed by atoms with E-state index in [1.165, 1.54) is 6.07 Å². The van der Waals surface area contributed by atoms with Gasteiger partial charge in [-0.15, -0.1) is 0 Å². The van der Waals surface area contributed by atoms with Gasteiger partial charge in [0.15, 0.2) is 17.3 Å². The maximum Gasteiger partial charge on any atom is 0.491 e. The van der Waals surface area contributed by atoms with Gasteiger partial charge in [0.2, 0.25) is 0 Å². The highest BCUT2D eigenvalue weighted by atomic mass is 79.9. The van der Waals surface area contributed by atoms with Crippen molar-refractivity contribution in [2.24, 2.45) is 5.92 Å². The minimum absolute atomic E-state index is 0.0182. The molecule has 1 aliphatic carbocycles. The molecular formula is C22H17BrF3NO4. The lowest BCUT2D eigenvalue weighted by Crippen LogP contribution is -2.52. The van der Waals surface area contributed by atoms with E-state index in [1.807, 2.05) is 0 Å². The number of ketones is 1. The van der Waals surface area contributed by atoms with E-state index in [-0.39, 0.29) is 23.3 Å². The van der Waals surface area contributed by atoms with E-state index in [4.69, 9.17) is 9.47 Å². The molecule has 0 N–H and O–H groups in total. The van der Waals surface area contributed by atoms with Crippen LogP contribution in [0.3, 0.4) is 0 Å². The molecule has 0 aromatic heterocycles. The standard InChI is InChI=1S/C22H17BrF3NO4/c23-12-1-2-13-14-3-4-16(30-17-10-27-7-5-11(17)6-8-27)20(31-21(29)22(24,25)26)18(14)19(28)15(13)9-12/h1-4,9,11,17H,5-8,10H2. The number of hydrogen-bond donors (Lipinski definition) is 0. The van der Waals surface area contributed by atoms with Crippen molar-refractivity contribution < 1.29 is 32.2 Å². The topological polar surface area (TPSA) is 55.8 Å². The third-order valence-electron chi connectivity index (χ3n) is 6.17. The molecule has 6 rings (SSSR count). The van der Waals surface area contributed by atoms with Gasteiger partial charge in [-0.25, -0.2) is 4.79 Å². The second kappa shape index (κ2) is 7.34. The number of fused-ring (bicyclic) bond motifs is 6. The van der Waals surface area contributed by atoms with Crippen molar-refractivity contribution in [3.8, 4) is 22.6 Å². The van der Waals surface area contributed by atoms with Gasteiger partial charge in [-0.1, -0.05) is 22.0 Å². The zero-order chi connectivity index (χ0) is 21.9. The summed E-state index contributed by atoms with van der Waals surface area (Å²) in [7, 11) is 0. The SMILES string of the molecule is O=C1c2cc(Br)ccc2-c2ccc(OC3CN4CCC3CC4)c(OC(=O)C(F)(F)F)c21. The van der Waals surface area contributed by atoms with Crippen LogP contribution in [0.4, 0.5) is 13.2 Å². The minimum atomic E-state index is -5.20. The van der Waals surface area contributed by atoms with E-state index in [9.17, 15) is 22.8 Å². The second-order valence-corrected chi connectivity index (χ2v) is 8.93. The summed E-state index contributed by atoms with van der Waals surface area (Å²) in [4.78, 5) is 27.1. The predicted octanol–water partition coefficient (Wildman–Crippen LogP) is 4.60. The van der Waals surface area contributed by atoms with Crippen LogP contribution in [-0.2, 0) is 4.79 Å². The Morgan fingerprint density at radius 2 is 1.77 bits per heavy atom.